The first-order chi connectivity index (χ1) is 30.3. The molecule has 0 atom stereocenters. The van der Waals surface area contributed by atoms with Crippen LogP contribution < -0.4 is 9.47 Å². The standard InChI is InChI=1S/2C26H26OS4/c1-19-3-5-20(6-4-19)25(28-15-16-29-25)21-7-9-22(10-8-21)26(30-17-18-31-26)23-11-13-24(27-2)14-12-23;1-19-6-8-20(9-7-19)25(28-14-15-29-25)22-4-3-5-23(18-22)26(30-16-17-31-26)21-10-12-24(27-2)13-11-21/h3-14H,15-18H2,1-2H3;3-13,18H,14-17H2,1-2H3. The second kappa shape index (κ2) is 19.7. The van der Waals surface area contributed by atoms with Crippen LogP contribution in [0.3, 0.4) is 0 Å². The number of ether oxygens (including phenoxy) is 2. The van der Waals surface area contributed by atoms with E-state index < -0.39 is 0 Å². The molecular weight excluding hydrogens is 913 g/mol. The molecule has 0 aliphatic carbocycles. The van der Waals surface area contributed by atoms with E-state index in [4.69, 9.17) is 9.47 Å². The van der Waals surface area contributed by atoms with E-state index in [1.807, 2.05) is 0 Å². The highest BCUT2D eigenvalue weighted by atomic mass is 32.2. The van der Waals surface area contributed by atoms with Crippen LogP contribution in [-0.2, 0) is 16.3 Å². The Bertz CT molecular complexity index is 2400. The molecule has 6 aromatic rings. The van der Waals surface area contributed by atoms with Gasteiger partial charge in [-0.3, -0.25) is 0 Å². The SMILES string of the molecule is COc1ccc(C2(c3ccc(C4(c5ccc(C)cc5)SCCS4)cc3)SCCS2)cc1.COc1ccc(C2(c3cccc(C4(c5ccc(C)cc5)SCCS4)c3)SCCS2)cc1. The quantitative estimate of drug-likeness (QED) is 0.132. The van der Waals surface area contributed by atoms with Crippen LogP contribution in [0.2, 0.25) is 0 Å². The molecular formula is C52H52O2S8. The highest BCUT2D eigenvalue weighted by Crippen LogP contribution is 2.61. The van der Waals surface area contributed by atoms with Crippen LogP contribution >= 0.6 is 94.1 Å². The van der Waals surface area contributed by atoms with Crippen molar-refractivity contribution >= 4 is 94.1 Å². The van der Waals surface area contributed by atoms with Gasteiger partial charge in [0, 0.05) is 46.0 Å². The fourth-order valence-corrected chi connectivity index (χ4v) is 21.8. The second-order valence-electron chi connectivity index (χ2n) is 15.6. The van der Waals surface area contributed by atoms with Crippen LogP contribution in [0.5, 0.6) is 11.5 Å². The summed E-state index contributed by atoms with van der Waals surface area (Å²) in [6.45, 7) is 4.33. The Balaban J connectivity index is 0.000000158. The Hall–Kier alpha value is -2.28. The third-order valence-electron chi connectivity index (χ3n) is 11.8. The first-order valence-electron chi connectivity index (χ1n) is 21.1. The zero-order chi connectivity index (χ0) is 42.6. The van der Waals surface area contributed by atoms with Gasteiger partial charge in [-0.15, -0.1) is 94.1 Å². The Morgan fingerprint density at radius 3 is 0.790 bits per heavy atom. The molecule has 320 valence electrons. The van der Waals surface area contributed by atoms with E-state index in [0.29, 0.717) is 0 Å². The van der Waals surface area contributed by atoms with Crippen molar-refractivity contribution in [2.24, 2.45) is 0 Å². The molecule has 10 heteroatoms. The molecule has 0 aromatic heterocycles. The van der Waals surface area contributed by atoms with E-state index in [2.05, 4.69) is 254 Å². The molecule has 0 spiro atoms. The maximum atomic E-state index is 5.41. The summed E-state index contributed by atoms with van der Waals surface area (Å²) < 4.78 is 10.7. The van der Waals surface area contributed by atoms with Crippen molar-refractivity contribution in [1.82, 2.24) is 0 Å². The molecule has 4 heterocycles. The smallest absolute Gasteiger partial charge is 0.118 e. The first-order valence-corrected chi connectivity index (χ1v) is 29.0. The Kier molecular flexibility index (Phi) is 14.2. The van der Waals surface area contributed by atoms with E-state index in [9.17, 15) is 0 Å². The molecule has 2 nitrogen and oxygen atoms in total. The lowest BCUT2D eigenvalue weighted by molar-refractivity contribution is 0.414. The molecule has 62 heavy (non-hydrogen) atoms. The highest BCUT2D eigenvalue weighted by molar-refractivity contribution is 8.22. The molecule has 0 unspecified atom stereocenters. The van der Waals surface area contributed by atoms with E-state index in [0.717, 1.165) is 11.5 Å². The van der Waals surface area contributed by atoms with Crippen LogP contribution in [0.25, 0.3) is 0 Å². The predicted molar refractivity (Wildman–Crippen MR) is 284 cm³/mol. The fourth-order valence-electron chi connectivity index (χ4n) is 8.65. The zero-order valence-corrected chi connectivity index (χ0v) is 42.1. The lowest BCUT2D eigenvalue weighted by Crippen LogP contribution is -2.20. The number of hydrogen-bond acceptors (Lipinski definition) is 10. The molecule has 6 aromatic carbocycles. The number of rotatable bonds is 10. The van der Waals surface area contributed by atoms with Crippen molar-refractivity contribution in [2.45, 2.75) is 30.2 Å². The third-order valence-corrected chi connectivity index (χ3v) is 26.0. The number of methoxy groups -OCH3 is 2. The molecule has 10 rings (SSSR count). The Morgan fingerprint density at radius 1 is 0.306 bits per heavy atom. The summed E-state index contributed by atoms with van der Waals surface area (Å²) in [6, 6.07) is 54.5. The van der Waals surface area contributed by atoms with Crippen molar-refractivity contribution in [3.8, 4) is 11.5 Å². The maximum absolute atomic E-state index is 5.41. The summed E-state index contributed by atoms with van der Waals surface area (Å²) in [4.78, 5) is 0. The lowest BCUT2D eigenvalue weighted by Gasteiger charge is -2.33. The molecule has 0 bridgehead atoms. The molecule has 0 radical (unpaired) electrons. The summed E-state index contributed by atoms with van der Waals surface area (Å²) in [7, 11) is 3.46. The monoisotopic (exact) mass is 964 g/mol. The molecule has 4 aliphatic rings. The van der Waals surface area contributed by atoms with Crippen molar-refractivity contribution < 1.29 is 9.47 Å². The number of hydrogen-bond donors (Lipinski definition) is 0. The molecule has 0 amide bonds. The van der Waals surface area contributed by atoms with E-state index in [1.165, 1.54) is 102 Å². The van der Waals surface area contributed by atoms with Gasteiger partial charge in [0.15, 0.2) is 0 Å². The highest BCUT2D eigenvalue weighted by Gasteiger charge is 2.44. The van der Waals surface area contributed by atoms with Crippen LogP contribution in [0.4, 0.5) is 0 Å². The van der Waals surface area contributed by atoms with Crippen LogP contribution in [-0.4, -0.2) is 60.2 Å². The third kappa shape index (κ3) is 8.75. The van der Waals surface area contributed by atoms with Crippen molar-refractivity contribution in [3.05, 3.63) is 201 Å². The summed E-state index contributed by atoms with van der Waals surface area (Å²) in [5.41, 5.74) is 13.8. The normalized spacial score (nSPS) is 19.4. The van der Waals surface area contributed by atoms with Gasteiger partial charge in [0.05, 0.1) is 14.2 Å². The summed E-state index contributed by atoms with van der Waals surface area (Å²) in [6.07, 6.45) is 0. The minimum absolute atomic E-state index is 0.00939. The van der Waals surface area contributed by atoms with Gasteiger partial charge >= 0.3 is 0 Å². The van der Waals surface area contributed by atoms with Crippen LogP contribution in [0.15, 0.2) is 146 Å². The summed E-state index contributed by atoms with van der Waals surface area (Å²) in [5, 5.41) is 0. The van der Waals surface area contributed by atoms with Gasteiger partial charge in [-0.05, 0) is 82.6 Å². The number of aryl methyl sites for hydroxylation is 2. The van der Waals surface area contributed by atoms with Gasteiger partial charge in [-0.25, -0.2) is 0 Å². The van der Waals surface area contributed by atoms with E-state index in [-0.39, 0.29) is 16.3 Å². The van der Waals surface area contributed by atoms with E-state index in [1.54, 1.807) is 14.2 Å². The minimum atomic E-state index is -0.0509. The molecule has 4 fully saturated rings. The Labute approximate surface area is 403 Å². The molecule has 0 N–H and O–H groups in total. The number of benzene rings is 6. The fraction of sp³-hybridized carbons (Fsp3) is 0.308. The van der Waals surface area contributed by atoms with Crippen LogP contribution in [0.1, 0.15) is 55.6 Å². The zero-order valence-electron chi connectivity index (χ0n) is 35.6. The topological polar surface area (TPSA) is 18.5 Å². The van der Waals surface area contributed by atoms with Crippen LogP contribution in [0, 0.1) is 13.8 Å². The average molecular weight is 966 g/mol. The van der Waals surface area contributed by atoms with Gasteiger partial charge in [-0.2, -0.15) is 0 Å². The van der Waals surface area contributed by atoms with Crippen molar-refractivity contribution in [2.75, 3.05) is 60.2 Å². The van der Waals surface area contributed by atoms with Gasteiger partial charge in [0.1, 0.15) is 27.8 Å². The minimum Gasteiger partial charge on any atom is -0.497 e. The van der Waals surface area contributed by atoms with Gasteiger partial charge < -0.3 is 9.47 Å². The average Bonchev–Trinajstić information content (AvgIpc) is 4.19. The lowest BCUT2D eigenvalue weighted by atomic mass is 9.97. The molecule has 4 saturated heterocycles. The Morgan fingerprint density at radius 2 is 0.532 bits per heavy atom. The summed E-state index contributed by atoms with van der Waals surface area (Å²) in [5.74, 6) is 11.3. The van der Waals surface area contributed by atoms with Gasteiger partial charge in [0.25, 0.3) is 0 Å². The summed E-state index contributed by atoms with van der Waals surface area (Å²) >= 11 is 16.6. The second-order valence-corrected chi connectivity index (χ2v) is 27.1. The van der Waals surface area contributed by atoms with E-state index >= 15 is 0 Å². The molecule has 0 saturated carbocycles. The maximum Gasteiger partial charge on any atom is 0.118 e. The van der Waals surface area contributed by atoms with Gasteiger partial charge in [0.2, 0.25) is 0 Å². The van der Waals surface area contributed by atoms with Gasteiger partial charge in [-0.1, -0.05) is 132 Å². The number of thioether (sulfide) groups is 8. The largest absolute Gasteiger partial charge is 0.497 e. The van der Waals surface area contributed by atoms with Crippen molar-refractivity contribution in [1.29, 1.82) is 0 Å². The molecule has 4 aliphatic heterocycles. The predicted octanol–water partition coefficient (Wildman–Crippen LogP) is 14.7. The van der Waals surface area contributed by atoms with Crippen molar-refractivity contribution in [3.63, 3.8) is 0 Å². The first kappa shape index (κ1) is 44.9.